The second-order valence-corrected chi connectivity index (χ2v) is 14.0. The lowest BCUT2D eigenvalue weighted by molar-refractivity contribution is -0.126. The molecule has 4 atom stereocenters. The molecule has 10 nitrogen and oxygen atoms in total. The average molecular weight is 669 g/mol. The van der Waals surface area contributed by atoms with Crippen molar-refractivity contribution in [3.63, 3.8) is 0 Å². The van der Waals surface area contributed by atoms with Gasteiger partial charge in [0.05, 0.1) is 39.0 Å². The summed E-state index contributed by atoms with van der Waals surface area (Å²) in [5.74, 6) is -0.142. The average Bonchev–Trinajstić information content (AvgIpc) is 3.82. The van der Waals surface area contributed by atoms with Crippen LogP contribution in [-0.2, 0) is 4.79 Å². The first-order valence-corrected chi connectivity index (χ1v) is 16.8. The topological polar surface area (TPSA) is 135 Å². The highest BCUT2D eigenvalue weighted by atomic mass is 32.1. The fourth-order valence-electron chi connectivity index (χ4n) is 7.99. The van der Waals surface area contributed by atoms with Gasteiger partial charge in [0.25, 0.3) is 0 Å². The van der Waals surface area contributed by atoms with Crippen LogP contribution in [-0.4, -0.2) is 82.8 Å². The van der Waals surface area contributed by atoms with Gasteiger partial charge in [-0.05, 0) is 62.6 Å². The van der Waals surface area contributed by atoms with Gasteiger partial charge in [0, 0.05) is 48.9 Å². The van der Waals surface area contributed by atoms with Crippen molar-refractivity contribution in [1.82, 2.24) is 19.8 Å². The van der Waals surface area contributed by atoms with Crippen LogP contribution in [0.4, 0.5) is 19.6 Å². The molecule has 1 amide bonds. The number of carbonyl (C=O) groups excluding carboxylic acids is 1. The molecular weight excluding hydrogens is 635 g/mol. The van der Waals surface area contributed by atoms with E-state index in [4.69, 9.17) is 20.4 Å². The maximum Gasteiger partial charge on any atom is 0.319 e. The maximum atomic E-state index is 14.9. The standard InChI is InChI=1S/C35H34F2N8O2S/c1-4-29(46)45-11-8-28(19(45)2)43(3)33-24-12-20(15-38)23(22-6-7-26(37)31-30(22)25(16-39)32(40)48-31)13-27(24)41-34(42-33)47-18-35-9-5-10-44(35)17-21(36)14-35/h4,6-7,12-13,19,21,28H,1,5,8-11,14,17-18,40H2,2-3H3/t19-,21+,28?,35-/m0/s1. The van der Waals surface area contributed by atoms with Crippen LogP contribution >= 0.6 is 11.3 Å². The molecule has 3 fully saturated rings. The Bertz CT molecular complexity index is 2070. The first-order chi connectivity index (χ1) is 23.1. The predicted molar refractivity (Wildman–Crippen MR) is 181 cm³/mol. The first-order valence-electron chi connectivity index (χ1n) is 15.9. The van der Waals surface area contributed by atoms with Gasteiger partial charge in [-0.1, -0.05) is 12.6 Å². The van der Waals surface area contributed by atoms with Crippen molar-refractivity contribution < 1.29 is 18.3 Å². The third-order valence-electron chi connectivity index (χ3n) is 10.4. The fraction of sp³-hybridized carbons (Fsp3) is 0.400. The molecule has 0 aliphatic carbocycles. The van der Waals surface area contributed by atoms with Gasteiger partial charge >= 0.3 is 6.01 Å². The number of carbonyl (C=O) groups is 1. The molecule has 0 saturated carbocycles. The number of fused-ring (bicyclic) bond motifs is 3. The molecule has 0 bridgehead atoms. The molecule has 0 spiro atoms. The molecule has 13 heteroatoms. The number of hydrogen-bond donors (Lipinski definition) is 1. The van der Waals surface area contributed by atoms with Crippen molar-refractivity contribution in [2.75, 3.05) is 43.9 Å². The van der Waals surface area contributed by atoms with E-state index in [1.807, 2.05) is 18.9 Å². The number of nitriles is 2. The van der Waals surface area contributed by atoms with E-state index in [0.717, 1.165) is 30.7 Å². The maximum absolute atomic E-state index is 14.9. The van der Waals surface area contributed by atoms with Crippen LogP contribution in [0.15, 0.2) is 36.9 Å². The van der Waals surface area contributed by atoms with Gasteiger partial charge in [-0.15, -0.1) is 11.3 Å². The summed E-state index contributed by atoms with van der Waals surface area (Å²) in [6.45, 7) is 7.61. The monoisotopic (exact) mass is 668 g/mol. The van der Waals surface area contributed by atoms with E-state index in [-0.39, 0.29) is 51.4 Å². The lowest BCUT2D eigenvalue weighted by Gasteiger charge is -2.33. The highest BCUT2D eigenvalue weighted by molar-refractivity contribution is 7.23. The normalized spacial score (nSPS) is 23.7. The second-order valence-electron chi connectivity index (χ2n) is 12.9. The summed E-state index contributed by atoms with van der Waals surface area (Å²) >= 11 is 0.989. The fourth-order valence-corrected chi connectivity index (χ4v) is 8.94. The first kappa shape index (κ1) is 31.7. The van der Waals surface area contributed by atoms with Crippen LogP contribution in [0.2, 0.25) is 0 Å². The Morgan fingerprint density at radius 1 is 1.27 bits per heavy atom. The van der Waals surface area contributed by atoms with Crippen molar-refractivity contribution in [3.8, 4) is 29.3 Å². The minimum absolute atomic E-state index is 0.106. The van der Waals surface area contributed by atoms with E-state index in [9.17, 15) is 24.1 Å². The molecule has 3 aliphatic heterocycles. The Kier molecular flexibility index (Phi) is 7.93. The molecule has 48 heavy (non-hydrogen) atoms. The highest BCUT2D eigenvalue weighted by Crippen LogP contribution is 2.44. The Balaban J connectivity index is 1.38. The third-order valence-corrected chi connectivity index (χ3v) is 11.4. The summed E-state index contributed by atoms with van der Waals surface area (Å²) in [6, 6.07) is 10.5. The van der Waals surface area contributed by atoms with Crippen LogP contribution in [0, 0.1) is 28.5 Å². The van der Waals surface area contributed by atoms with Crippen LogP contribution in [0.5, 0.6) is 6.01 Å². The number of amides is 1. The van der Waals surface area contributed by atoms with Crippen LogP contribution in [0.1, 0.15) is 43.7 Å². The zero-order chi connectivity index (χ0) is 33.9. The van der Waals surface area contributed by atoms with Gasteiger partial charge in [0.15, 0.2) is 0 Å². The molecule has 5 heterocycles. The van der Waals surface area contributed by atoms with Crippen molar-refractivity contribution in [1.29, 1.82) is 10.5 Å². The molecule has 2 aromatic heterocycles. The van der Waals surface area contributed by atoms with Crippen LogP contribution < -0.4 is 15.4 Å². The zero-order valence-corrected chi connectivity index (χ0v) is 27.5. The number of likely N-dealkylation sites (tertiary alicyclic amines) is 1. The number of ether oxygens (including phenoxy) is 1. The smallest absolute Gasteiger partial charge is 0.319 e. The van der Waals surface area contributed by atoms with Gasteiger partial charge < -0.3 is 20.3 Å². The quantitative estimate of drug-likeness (QED) is 0.252. The summed E-state index contributed by atoms with van der Waals surface area (Å²) in [4.78, 5) is 28.2. The molecule has 4 aromatic rings. The van der Waals surface area contributed by atoms with Gasteiger partial charge in [0.1, 0.15) is 35.5 Å². The molecule has 7 rings (SSSR count). The third kappa shape index (κ3) is 5.00. The minimum Gasteiger partial charge on any atom is -0.461 e. The molecule has 1 unspecified atom stereocenters. The summed E-state index contributed by atoms with van der Waals surface area (Å²) in [5.41, 5.74) is 7.53. The van der Waals surface area contributed by atoms with Crippen molar-refractivity contribution in [3.05, 3.63) is 53.9 Å². The number of likely N-dealkylation sites (N-methyl/N-ethyl adjacent to an activating group) is 1. The molecule has 3 aliphatic rings. The summed E-state index contributed by atoms with van der Waals surface area (Å²) in [5, 5.41) is 21.4. The SMILES string of the molecule is C=CC(=O)N1CCC(N(C)c2nc(OC[C@@]34CCCN3C[C@H](F)C4)nc3cc(-c4ccc(F)c5sc(N)c(C#N)c45)c(C#N)cc23)[C@@H]1C. The number of nitrogens with two attached hydrogens (primary N) is 1. The van der Waals surface area contributed by atoms with E-state index < -0.39 is 17.5 Å². The van der Waals surface area contributed by atoms with Crippen molar-refractivity contribution in [2.24, 2.45) is 0 Å². The Morgan fingerprint density at radius 3 is 2.83 bits per heavy atom. The molecule has 246 valence electrons. The molecule has 2 N–H and O–H groups in total. The molecular formula is C35H34F2N8O2S. The number of nitrogens with zero attached hydrogens (tertiary/aromatic N) is 7. The van der Waals surface area contributed by atoms with E-state index in [1.54, 1.807) is 23.1 Å². The number of aromatic nitrogens is 2. The number of thiophene rings is 1. The van der Waals surface area contributed by atoms with E-state index in [2.05, 4.69) is 23.6 Å². The number of anilines is 2. The van der Waals surface area contributed by atoms with Crippen molar-refractivity contribution >= 4 is 49.1 Å². The number of rotatable bonds is 7. The van der Waals surface area contributed by atoms with Crippen LogP contribution in [0.3, 0.4) is 0 Å². The lowest BCUT2D eigenvalue weighted by Crippen LogP contribution is -2.44. The van der Waals surface area contributed by atoms with Gasteiger partial charge in [-0.2, -0.15) is 20.5 Å². The Hall–Kier alpha value is -4.85. The van der Waals surface area contributed by atoms with Crippen molar-refractivity contribution in [2.45, 2.75) is 56.4 Å². The van der Waals surface area contributed by atoms with Gasteiger partial charge in [-0.3, -0.25) is 9.69 Å². The van der Waals surface area contributed by atoms with Crippen LogP contribution in [0.25, 0.3) is 32.1 Å². The Morgan fingerprint density at radius 2 is 2.08 bits per heavy atom. The second kappa shape index (κ2) is 12.0. The van der Waals surface area contributed by atoms with Gasteiger partial charge in [-0.25, -0.2) is 8.78 Å². The Labute approximate surface area is 280 Å². The number of nitrogen functional groups attached to an aromatic ring is 1. The number of alkyl halides is 1. The molecule has 3 saturated heterocycles. The largest absolute Gasteiger partial charge is 0.461 e. The number of benzene rings is 2. The summed E-state index contributed by atoms with van der Waals surface area (Å²) < 4.78 is 36.0. The van der Waals surface area contributed by atoms with Gasteiger partial charge in [0.2, 0.25) is 5.91 Å². The predicted octanol–water partition coefficient (Wildman–Crippen LogP) is 5.54. The molecule has 2 aromatic carbocycles. The minimum atomic E-state index is -0.915. The summed E-state index contributed by atoms with van der Waals surface area (Å²) in [7, 11) is 1.90. The highest BCUT2D eigenvalue weighted by Gasteiger charge is 2.49. The molecule has 0 radical (unpaired) electrons. The summed E-state index contributed by atoms with van der Waals surface area (Å²) in [6.07, 6.45) is 3.26. The van der Waals surface area contributed by atoms with E-state index in [0.29, 0.717) is 59.2 Å². The lowest BCUT2D eigenvalue weighted by atomic mass is 9.94. The zero-order valence-electron chi connectivity index (χ0n) is 26.7. The van der Waals surface area contributed by atoms with E-state index >= 15 is 0 Å². The number of hydrogen-bond acceptors (Lipinski definition) is 10. The number of halogens is 2. The van der Waals surface area contributed by atoms with E-state index in [1.165, 1.54) is 12.1 Å².